The van der Waals surface area contributed by atoms with E-state index in [2.05, 4.69) is 10.9 Å². The van der Waals surface area contributed by atoms with E-state index in [0.29, 0.717) is 9.98 Å². The Hall–Kier alpha value is -2.84. The van der Waals surface area contributed by atoms with Crippen LogP contribution in [0.15, 0.2) is 60.7 Å². The number of amides is 2. The molecular weight excluding hydrogens is 368 g/mol. The molecule has 0 fully saturated rings. The van der Waals surface area contributed by atoms with Crippen LogP contribution in [0.2, 0.25) is 0 Å². The van der Waals surface area contributed by atoms with Crippen molar-refractivity contribution in [2.45, 2.75) is 0 Å². The van der Waals surface area contributed by atoms with Gasteiger partial charge in [-0.25, -0.2) is 0 Å². The number of carbonyl (C=O) groups excluding carboxylic acids is 2. The normalized spacial score (nSPS) is 9.77. The molecule has 2 aromatic carbocycles. The van der Waals surface area contributed by atoms with E-state index in [0.717, 1.165) is 11.1 Å². The van der Waals surface area contributed by atoms with Gasteiger partial charge in [-0.05, 0) is 0 Å². The first-order valence-electron chi connectivity index (χ1n) is 7.68. The Morgan fingerprint density at radius 2 is 1.00 bits per heavy atom. The van der Waals surface area contributed by atoms with Gasteiger partial charge in [-0.15, -0.1) is 0 Å². The monoisotopic (exact) mass is 386 g/mol. The average molecular weight is 387 g/mol. The van der Waals surface area contributed by atoms with Crippen molar-refractivity contribution in [1.29, 1.82) is 0 Å². The van der Waals surface area contributed by atoms with Crippen molar-refractivity contribution in [2.24, 2.45) is 0 Å². The molecule has 0 aliphatic carbocycles. The van der Waals surface area contributed by atoms with Gasteiger partial charge in [0.1, 0.15) is 9.98 Å². The summed E-state index contributed by atoms with van der Waals surface area (Å²) in [5.74, 6) is -1.71. The molecule has 0 heterocycles. The molecule has 0 bridgehead atoms. The van der Waals surface area contributed by atoms with E-state index in [-0.39, 0.29) is 0 Å². The molecule has 134 valence electrons. The Morgan fingerprint density at radius 3 is 1.31 bits per heavy atom. The third-order valence-electron chi connectivity index (χ3n) is 3.40. The molecule has 8 heteroatoms. The molecule has 2 N–H and O–H groups in total. The average Bonchev–Trinajstić information content (AvgIpc) is 2.67. The minimum absolute atomic E-state index is 0.389. The molecule has 0 radical (unpaired) electrons. The molecule has 0 aliphatic rings. The zero-order valence-corrected chi connectivity index (χ0v) is 15.9. The lowest BCUT2D eigenvalue weighted by molar-refractivity contribution is -0.142. The van der Waals surface area contributed by atoms with Crippen molar-refractivity contribution in [3.8, 4) is 0 Å². The largest absolute Gasteiger partial charge is 0.329 e. The van der Waals surface area contributed by atoms with Crippen LogP contribution in [0.3, 0.4) is 0 Å². The number of rotatable bonds is 2. The van der Waals surface area contributed by atoms with Crippen LogP contribution in [0.5, 0.6) is 0 Å². The lowest BCUT2D eigenvalue weighted by Crippen LogP contribution is -2.53. The van der Waals surface area contributed by atoms with Gasteiger partial charge in [0.25, 0.3) is 0 Å². The van der Waals surface area contributed by atoms with Crippen LogP contribution < -0.4 is 10.9 Å². The van der Waals surface area contributed by atoms with E-state index in [9.17, 15) is 9.59 Å². The third kappa shape index (κ3) is 5.08. The molecule has 6 nitrogen and oxygen atoms in total. The van der Waals surface area contributed by atoms with Crippen LogP contribution >= 0.6 is 24.4 Å². The van der Waals surface area contributed by atoms with Crippen molar-refractivity contribution in [3.05, 3.63) is 71.8 Å². The molecule has 2 aromatic rings. The predicted octanol–water partition coefficient (Wildman–Crippen LogP) is 1.66. The zero-order valence-electron chi connectivity index (χ0n) is 14.3. The maximum Gasteiger partial charge on any atom is 0.329 e. The van der Waals surface area contributed by atoms with Crippen molar-refractivity contribution < 1.29 is 9.59 Å². The highest BCUT2D eigenvalue weighted by atomic mass is 32.1. The van der Waals surface area contributed by atoms with E-state index < -0.39 is 11.8 Å². The first-order chi connectivity index (χ1) is 12.4. The molecule has 0 atom stereocenters. The SMILES string of the molecule is CN(NC(=O)C(=O)NN(C)C(=S)c1ccccc1)C(=S)c1ccccc1. The number of carbonyl (C=O) groups is 2. The number of hydrazine groups is 2. The summed E-state index contributed by atoms with van der Waals surface area (Å²) in [4.78, 5) is 25.0. The second-order valence-corrected chi connectivity index (χ2v) is 6.12. The second kappa shape index (κ2) is 9.02. The van der Waals surface area contributed by atoms with Crippen LogP contribution in [0.25, 0.3) is 0 Å². The number of nitrogens with one attached hydrogen (secondary N) is 2. The first kappa shape index (κ1) is 19.5. The molecule has 0 unspecified atom stereocenters. The Kier molecular flexibility index (Phi) is 6.76. The fraction of sp³-hybridized carbons (Fsp3) is 0.111. The van der Waals surface area contributed by atoms with Crippen LogP contribution in [-0.2, 0) is 9.59 Å². The summed E-state index contributed by atoms with van der Waals surface area (Å²) in [5, 5.41) is 2.64. The zero-order chi connectivity index (χ0) is 19.1. The molecule has 2 amide bonds. The highest BCUT2D eigenvalue weighted by Crippen LogP contribution is 2.04. The fourth-order valence-electron chi connectivity index (χ4n) is 2.06. The van der Waals surface area contributed by atoms with Crippen LogP contribution in [0.4, 0.5) is 0 Å². The maximum absolute atomic E-state index is 12.1. The van der Waals surface area contributed by atoms with Gasteiger partial charge in [-0.3, -0.25) is 30.5 Å². The summed E-state index contributed by atoms with van der Waals surface area (Å²) in [7, 11) is 3.14. The molecular formula is C18H18N4O2S2. The summed E-state index contributed by atoms with van der Waals surface area (Å²) in [5.41, 5.74) is 6.38. The molecule has 0 saturated carbocycles. The van der Waals surface area contributed by atoms with E-state index in [4.69, 9.17) is 24.4 Å². The van der Waals surface area contributed by atoms with Gasteiger partial charge in [0.15, 0.2) is 0 Å². The number of thiocarbonyl (C=S) groups is 2. The number of hydrogen-bond acceptors (Lipinski definition) is 4. The van der Waals surface area contributed by atoms with Crippen molar-refractivity contribution in [1.82, 2.24) is 20.9 Å². The Bertz CT molecular complexity index is 743. The van der Waals surface area contributed by atoms with Gasteiger partial charge in [0.2, 0.25) is 0 Å². The predicted molar refractivity (Wildman–Crippen MR) is 108 cm³/mol. The summed E-state index contributed by atoms with van der Waals surface area (Å²) in [6.45, 7) is 0. The minimum atomic E-state index is -0.853. The van der Waals surface area contributed by atoms with Crippen LogP contribution in [0.1, 0.15) is 11.1 Å². The maximum atomic E-state index is 12.1. The molecule has 26 heavy (non-hydrogen) atoms. The van der Waals surface area contributed by atoms with E-state index in [1.165, 1.54) is 10.0 Å². The summed E-state index contributed by atoms with van der Waals surface area (Å²) < 4.78 is 0. The van der Waals surface area contributed by atoms with Gasteiger partial charge in [0.05, 0.1) is 0 Å². The van der Waals surface area contributed by atoms with Gasteiger partial charge >= 0.3 is 11.8 Å². The summed E-state index contributed by atoms with van der Waals surface area (Å²) >= 11 is 10.6. The fourth-order valence-corrected chi connectivity index (χ4v) is 2.42. The highest BCUT2D eigenvalue weighted by Gasteiger charge is 2.19. The van der Waals surface area contributed by atoms with Crippen molar-refractivity contribution in [3.63, 3.8) is 0 Å². The van der Waals surface area contributed by atoms with E-state index >= 15 is 0 Å². The number of hydrogen-bond donors (Lipinski definition) is 2. The van der Waals surface area contributed by atoms with Crippen LogP contribution in [0, 0.1) is 0 Å². The number of benzene rings is 2. The van der Waals surface area contributed by atoms with Gasteiger partial charge in [-0.1, -0.05) is 85.1 Å². The third-order valence-corrected chi connectivity index (χ3v) is 4.41. The number of nitrogens with zero attached hydrogens (tertiary/aromatic N) is 2. The quantitative estimate of drug-likeness (QED) is 0.465. The Balaban J connectivity index is 1.92. The van der Waals surface area contributed by atoms with Crippen molar-refractivity contribution >= 4 is 46.2 Å². The van der Waals surface area contributed by atoms with Gasteiger partial charge < -0.3 is 0 Å². The second-order valence-electron chi connectivity index (χ2n) is 5.34. The standard InChI is InChI=1S/C18H18N4O2S2/c1-21(17(25)13-9-5-3-6-10-13)19-15(23)16(24)20-22(2)18(26)14-11-7-4-8-12-14/h3-12H,1-2H3,(H,19,23)(H,20,24). The Labute approximate surface area is 162 Å². The molecule has 0 aliphatic heterocycles. The summed E-state index contributed by atoms with van der Waals surface area (Å²) in [6.07, 6.45) is 0. The minimum Gasteiger partial charge on any atom is -0.277 e. The smallest absolute Gasteiger partial charge is 0.277 e. The van der Waals surface area contributed by atoms with E-state index in [1.807, 2.05) is 60.7 Å². The van der Waals surface area contributed by atoms with Gasteiger partial charge in [-0.2, -0.15) is 0 Å². The molecule has 0 spiro atoms. The van der Waals surface area contributed by atoms with Crippen LogP contribution in [-0.4, -0.2) is 45.9 Å². The van der Waals surface area contributed by atoms with Gasteiger partial charge in [0, 0.05) is 25.2 Å². The lowest BCUT2D eigenvalue weighted by Gasteiger charge is -2.23. The lowest BCUT2D eigenvalue weighted by atomic mass is 10.2. The Morgan fingerprint density at radius 1 is 0.692 bits per heavy atom. The molecule has 0 saturated heterocycles. The highest BCUT2D eigenvalue weighted by molar-refractivity contribution is 7.80. The van der Waals surface area contributed by atoms with Crippen molar-refractivity contribution in [2.75, 3.05) is 14.1 Å². The summed E-state index contributed by atoms with van der Waals surface area (Å²) in [6, 6.07) is 18.3. The van der Waals surface area contributed by atoms with E-state index in [1.54, 1.807) is 14.1 Å². The molecule has 2 rings (SSSR count). The topological polar surface area (TPSA) is 64.7 Å². The first-order valence-corrected chi connectivity index (χ1v) is 8.49. The molecule has 0 aromatic heterocycles.